The van der Waals surface area contributed by atoms with Crippen LogP contribution < -0.4 is 0 Å². The van der Waals surface area contributed by atoms with Gasteiger partial charge in [0.1, 0.15) is 0 Å². The van der Waals surface area contributed by atoms with Gasteiger partial charge in [-0.2, -0.15) is 0 Å². The smallest absolute Gasteiger partial charge is 0.0543 e. The van der Waals surface area contributed by atoms with Crippen molar-refractivity contribution in [1.82, 2.24) is 4.57 Å². The van der Waals surface area contributed by atoms with Crippen molar-refractivity contribution in [3.8, 4) is 5.69 Å². The van der Waals surface area contributed by atoms with Crippen molar-refractivity contribution in [2.24, 2.45) is 0 Å². The third kappa shape index (κ3) is 2.41. The number of aromatic nitrogens is 1. The van der Waals surface area contributed by atoms with E-state index in [-0.39, 0.29) is 0 Å². The highest BCUT2D eigenvalue weighted by atomic mass is 15.0. The molecule has 0 N–H and O–H groups in total. The Morgan fingerprint density at radius 1 is 0.483 bits per heavy atom. The van der Waals surface area contributed by atoms with Gasteiger partial charge in [-0.3, -0.25) is 0 Å². The van der Waals surface area contributed by atoms with E-state index in [4.69, 9.17) is 0 Å². The van der Waals surface area contributed by atoms with Crippen LogP contribution in [0, 0.1) is 13.8 Å². The minimum atomic E-state index is 1.24. The zero-order valence-corrected chi connectivity index (χ0v) is 16.6. The molecule has 0 aliphatic rings. The quantitative estimate of drug-likeness (QED) is 0.261. The average Bonchev–Trinajstić information content (AvgIpc) is 3.04. The van der Waals surface area contributed by atoms with Crippen LogP contribution in [-0.4, -0.2) is 4.57 Å². The van der Waals surface area contributed by atoms with Crippen LogP contribution >= 0.6 is 0 Å². The van der Waals surface area contributed by atoms with Crippen molar-refractivity contribution in [3.63, 3.8) is 0 Å². The standard InChI is InChI=1S/C28H21N/c1-18-10-12-23-24-13-11-19(2)15-28(24)29(27(23)14-18)26-9-5-8-22-16-20-6-3-4-7-21(20)17-25(22)26/h3-17H,1-2H3. The molecule has 1 nitrogen and oxygen atoms in total. The van der Waals surface area contributed by atoms with Gasteiger partial charge in [0, 0.05) is 16.2 Å². The fourth-order valence-electron chi connectivity index (χ4n) is 4.64. The Morgan fingerprint density at radius 2 is 1.07 bits per heavy atom. The highest BCUT2D eigenvalue weighted by Gasteiger charge is 2.14. The zero-order chi connectivity index (χ0) is 19.5. The Labute approximate surface area is 169 Å². The summed E-state index contributed by atoms with van der Waals surface area (Å²) in [6.07, 6.45) is 0. The molecule has 0 fully saturated rings. The van der Waals surface area contributed by atoms with Crippen molar-refractivity contribution in [2.45, 2.75) is 13.8 Å². The van der Waals surface area contributed by atoms with Crippen LogP contribution in [0.15, 0.2) is 91.0 Å². The van der Waals surface area contributed by atoms with Crippen LogP contribution in [0.25, 0.3) is 49.0 Å². The molecule has 1 heteroatoms. The molecule has 5 aromatic carbocycles. The van der Waals surface area contributed by atoms with Gasteiger partial charge >= 0.3 is 0 Å². The summed E-state index contributed by atoms with van der Waals surface area (Å²) in [5, 5.41) is 7.74. The molecule has 0 saturated heterocycles. The van der Waals surface area contributed by atoms with Crippen molar-refractivity contribution < 1.29 is 0 Å². The molecule has 0 aliphatic heterocycles. The molecule has 6 rings (SSSR count). The van der Waals surface area contributed by atoms with Gasteiger partial charge in [-0.1, -0.05) is 60.7 Å². The van der Waals surface area contributed by atoms with E-state index in [0.717, 1.165) is 0 Å². The first-order chi connectivity index (χ1) is 14.2. The molecule has 1 heterocycles. The number of rotatable bonds is 1. The predicted octanol–water partition coefficient (Wildman–Crippen LogP) is 7.71. The van der Waals surface area contributed by atoms with Crippen LogP contribution in [0.3, 0.4) is 0 Å². The number of hydrogen-bond acceptors (Lipinski definition) is 0. The van der Waals surface area contributed by atoms with E-state index in [9.17, 15) is 0 Å². The van der Waals surface area contributed by atoms with Crippen molar-refractivity contribution in [1.29, 1.82) is 0 Å². The van der Waals surface area contributed by atoms with Gasteiger partial charge in [0.05, 0.1) is 16.7 Å². The highest BCUT2D eigenvalue weighted by molar-refractivity contribution is 6.11. The van der Waals surface area contributed by atoms with E-state index in [1.807, 2.05) is 0 Å². The summed E-state index contributed by atoms with van der Waals surface area (Å²) >= 11 is 0. The molecular formula is C28H21N. The van der Waals surface area contributed by atoms with Crippen LogP contribution in [0.5, 0.6) is 0 Å². The lowest BCUT2D eigenvalue weighted by atomic mass is 10.0. The van der Waals surface area contributed by atoms with E-state index in [2.05, 4.69) is 109 Å². The van der Waals surface area contributed by atoms with E-state index in [1.54, 1.807) is 0 Å². The topological polar surface area (TPSA) is 4.93 Å². The third-order valence-electron chi connectivity index (χ3n) is 6.04. The fourth-order valence-corrected chi connectivity index (χ4v) is 4.64. The number of fused-ring (bicyclic) bond motifs is 5. The molecule has 138 valence electrons. The first kappa shape index (κ1) is 16.4. The van der Waals surface area contributed by atoms with E-state index >= 15 is 0 Å². The minimum absolute atomic E-state index is 1.24. The molecule has 0 atom stereocenters. The summed E-state index contributed by atoms with van der Waals surface area (Å²) in [4.78, 5) is 0. The molecule has 0 saturated carbocycles. The zero-order valence-electron chi connectivity index (χ0n) is 16.6. The molecule has 0 spiro atoms. The lowest BCUT2D eigenvalue weighted by Crippen LogP contribution is -1.96. The van der Waals surface area contributed by atoms with E-state index < -0.39 is 0 Å². The minimum Gasteiger partial charge on any atom is -0.309 e. The maximum absolute atomic E-state index is 2.45. The molecule has 29 heavy (non-hydrogen) atoms. The number of benzene rings is 5. The first-order valence-corrected chi connectivity index (χ1v) is 10.1. The Kier molecular flexibility index (Phi) is 3.36. The second kappa shape index (κ2) is 5.96. The van der Waals surface area contributed by atoms with Crippen LogP contribution in [0.4, 0.5) is 0 Å². The fraction of sp³-hybridized carbons (Fsp3) is 0.0714. The lowest BCUT2D eigenvalue weighted by Gasteiger charge is -2.13. The molecule has 0 aliphatic carbocycles. The average molecular weight is 371 g/mol. The number of aryl methyl sites for hydroxylation is 2. The summed E-state index contributed by atoms with van der Waals surface area (Å²) in [6.45, 7) is 4.34. The van der Waals surface area contributed by atoms with Gasteiger partial charge in [-0.25, -0.2) is 0 Å². The van der Waals surface area contributed by atoms with Crippen LogP contribution in [0.1, 0.15) is 11.1 Å². The second-order valence-corrected chi connectivity index (χ2v) is 8.07. The summed E-state index contributed by atoms with van der Waals surface area (Å²) in [6, 6.07) is 33.5. The van der Waals surface area contributed by atoms with Gasteiger partial charge in [0.2, 0.25) is 0 Å². The van der Waals surface area contributed by atoms with Crippen molar-refractivity contribution in [3.05, 3.63) is 102 Å². The molecule has 0 radical (unpaired) electrons. The molecule has 0 bridgehead atoms. The summed E-state index contributed by atoms with van der Waals surface area (Å²) in [5.74, 6) is 0. The van der Waals surface area contributed by atoms with Crippen molar-refractivity contribution >= 4 is 43.4 Å². The molecule has 0 unspecified atom stereocenters. The van der Waals surface area contributed by atoms with Gasteiger partial charge in [-0.05, 0) is 71.5 Å². The van der Waals surface area contributed by atoms with Gasteiger partial charge in [-0.15, -0.1) is 0 Å². The normalized spacial score (nSPS) is 11.8. The summed E-state index contributed by atoms with van der Waals surface area (Å²) < 4.78 is 2.45. The molecule has 1 aromatic heterocycles. The predicted molar refractivity (Wildman–Crippen MR) is 125 cm³/mol. The first-order valence-electron chi connectivity index (χ1n) is 10.1. The highest BCUT2D eigenvalue weighted by Crippen LogP contribution is 2.36. The van der Waals surface area contributed by atoms with E-state index in [1.165, 1.54) is 60.2 Å². The Balaban J connectivity index is 1.82. The largest absolute Gasteiger partial charge is 0.309 e. The Hall–Kier alpha value is -3.58. The second-order valence-electron chi connectivity index (χ2n) is 8.07. The molecule has 6 aromatic rings. The van der Waals surface area contributed by atoms with Crippen LogP contribution in [-0.2, 0) is 0 Å². The maximum Gasteiger partial charge on any atom is 0.0543 e. The van der Waals surface area contributed by atoms with Gasteiger partial charge < -0.3 is 4.57 Å². The monoisotopic (exact) mass is 371 g/mol. The Morgan fingerprint density at radius 3 is 1.72 bits per heavy atom. The lowest BCUT2D eigenvalue weighted by molar-refractivity contribution is 1.19. The van der Waals surface area contributed by atoms with Gasteiger partial charge in [0.25, 0.3) is 0 Å². The molecule has 0 amide bonds. The summed E-state index contributed by atoms with van der Waals surface area (Å²) in [7, 11) is 0. The van der Waals surface area contributed by atoms with E-state index in [0.29, 0.717) is 0 Å². The SMILES string of the molecule is Cc1ccc2c3ccc(C)cc3n(-c3cccc4cc5ccccc5cc34)c2c1. The third-order valence-corrected chi connectivity index (χ3v) is 6.04. The molecular weight excluding hydrogens is 350 g/mol. The summed E-state index contributed by atoms with van der Waals surface area (Å²) in [5.41, 5.74) is 6.34. The number of nitrogens with zero attached hydrogens (tertiary/aromatic N) is 1. The Bertz CT molecular complexity index is 1510. The van der Waals surface area contributed by atoms with Gasteiger partial charge in [0.15, 0.2) is 0 Å². The van der Waals surface area contributed by atoms with Crippen LogP contribution in [0.2, 0.25) is 0 Å². The van der Waals surface area contributed by atoms with Crippen molar-refractivity contribution in [2.75, 3.05) is 0 Å². The number of hydrogen-bond donors (Lipinski definition) is 0. The maximum atomic E-state index is 2.45.